The number of amides is 1. The number of aromatic nitrogens is 3. The van der Waals surface area contributed by atoms with E-state index in [2.05, 4.69) is 36.9 Å². The summed E-state index contributed by atoms with van der Waals surface area (Å²) in [6, 6.07) is 4.20. The SMILES string of the molecule is Cc1ccnc(CC(C)N(C)C(=O)CCc2c(C)nn(C)c2C)c1. The Morgan fingerprint density at radius 2 is 2.04 bits per heavy atom. The quantitative estimate of drug-likeness (QED) is 0.819. The fraction of sp³-hybridized carbons (Fsp3) is 0.526. The molecule has 0 saturated heterocycles. The van der Waals surface area contributed by atoms with Crippen LogP contribution in [0.2, 0.25) is 0 Å². The molecular formula is C19H28N4O. The number of hydrogen-bond donors (Lipinski definition) is 0. The Kier molecular flexibility index (Phi) is 5.75. The minimum Gasteiger partial charge on any atom is -0.343 e. The predicted molar refractivity (Wildman–Crippen MR) is 95.9 cm³/mol. The molecule has 1 unspecified atom stereocenters. The zero-order valence-electron chi connectivity index (χ0n) is 15.6. The summed E-state index contributed by atoms with van der Waals surface area (Å²) in [7, 11) is 3.82. The van der Waals surface area contributed by atoms with E-state index in [4.69, 9.17) is 0 Å². The zero-order chi connectivity index (χ0) is 17.9. The van der Waals surface area contributed by atoms with Gasteiger partial charge in [0.1, 0.15) is 0 Å². The van der Waals surface area contributed by atoms with Crippen molar-refractivity contribution in [2.45, 2.75) is 53.0 Å². The topological polar surface area (TPSA) is 51.0 Å². The monoisotopic (exact) mass is 328 g/mol. The number of rotatable bonds is 6. The number of hydrogen-bond acceptors (Lipinski definition) is 3. The van der Waals surface area contributed by atoms with Crippen molar-refractivity contribution in [3.05, 3.63) is 46.5 Å². The Morgan fingerprint density at radius 1 is 1.33 bits per heavy atom. The van der Waals surface area contributed by atoms with E-state index >= 15 is 0 Å². The highest BCUT2D eigenvalue weighted by Gasteiger charge is 2.18. The first-order chi connectivity index (χ1) is 11.3. The average molecular weight is 328 g/mol. The van der Waals surface area contributed by atoms with Crippen LogP contribution in [0.25, 0.3) is 0 Å². The van der Waals surface area contributed by atoms with Crippen LogP contribution in [0, 0.1) is 20.8 Å². The summed E-state index contributed by atoms with van der Waals surface area (Å²) >= 11 is 0. The summed E-state index contributed by atoms with van der Waals surface area (Å²) in [6.45, 7) is 8.18. The molecule has 5 nitrogen and oxygen atoms in total. The fourth-order valence-corrected chi connectivity index (χ4v) is 2.98. The first-order valence-electron chi connectivity index (χ1n) is 8.45. The van der Waals surface area contributed by atoms with Crippen LogP contribution in [-0.2, 0) is 24.7 Å². The second kappa shape index (κ2) is 7.60. The van der Waals surface area contributed by atoms with Gasteiger partial charge in [-0.25, -0.2) is 0 Å². The van der Waals surface area contributed by atoms with E-state index in [1.807, 2.05) is 42.9 Å². The van der Waals surface area contributed by atoms with Crippen molar-refractivity contribution >= 4 is 5.91 Å². The van der Waals surface area contributed by atoms with Gasteiger partial charge in [0.15, 0.2) is 0 Å². The molecule has 0 aliphatic heterocycles. The molecule has 130 valence electrons. The fourth-order valence-electron chi connectivity index (χ4n) is 2.98. The number of carbonyl (C=O) groups excluding carboxylic acids is 1. The standard InChI is InChI=1S/C19H28N4O/c1-13-9-10-20-17(11-13)12-14(2)22(5)19(24)8-7-18-15(3)21-23(6)16(18)4/h9-11,14H,7-8,12H2,1-6H3. The van der Waals surface area contributed by atoms with Crippen molar-refractivity contribution in [3.8, 4) is 0 Å². The molecular weight excluding hydrogens is 300 g/mol. The molecule has 0 aromatic carbocycles. The normalized spacial score (nSPS) is 12.2. The third-order valence-electron chi connectivity index (χ3n) is 4.78. The molecule has 0 saturated carbocycles. The van der Waals surface area contributed by atoms with Crippen LogP contribution in [0.3, 0.4) is 0 Å². The van der Waals surface area contributed by atoms with Gasteiger partial charge in [0.05, 0.1) is 5.69 Å². The van der Waals surface area contributed by atoms with E-state index in [1.54, 1.807) is 0 Å². The minimum absolute atomic E-state index is 0.128. The van der Waals surface area contributed by atoms with Crippen molar-refractivity contribution < 1.29 is 4.79 Å². The van der Waals surface area contributed by atoms with E-state index in [1.165, 1.54) is 11.1 Å². The molecule has 2 rings (SSSR count). The second-order valence-electron chi connectivity index (χ2n) is 6.66. The number of pyridine rings is 1. The maximum atomic E-state index is 12.5. The third-order valence-corrected chi connectivity index (χ3v) is 4.78. The van der Waals surface area contributed by atoms with Crippen molar-refractivity contribution in [2.75, 3.05) is 7.05 Å². The van der Waals surface area contributed by atoms with Gasteiger partial charge in [-0.3, -0.25) is 14.5 Å². The Labute approximate surface area is 144 Å². The highest BCUT2D eigenvalue weighted by molar-refractivity contribution is 5.76. The lowest BCUT2D eigenvalue weighted by Gasteiger charge is -2.25. The van der Waals surface area contributed by atoms with Crippen LogP contribution >= 0.6 is 0 Å². The van der Waals surface area contributed by atoms with Crippen LogP contribution in [0.5, 0.6) is 0 Å². The summed E-state index contributed by atoms with van der Waals surface area (Å²) in [5.41, 5.74) is 5.57. The third kappa shape index (κ3) is 4.22. The highest BCUT2D eigenvalue weighted by atomic mass is 16.2. The molecule has 1 atom stereocenters. The predicted octanol–water partition coefficient (Wildman–Crippen LogP) is 2.76. The summed E-state index contributed by atoms with van der Waals surface area (Å²) in [6.07, 6.45) is 3.85. The van der Waals surface area contributed by atoms with Gasteiger partial charge in [0.2, 0.25) is 5.91 Å². The lowest BCUT2D eigenvalue weighted by molar-refractivity contribution is -0.131. The van der Waals surface area contributed by atoms with E-state index in [0.29, 0.717) is 6.42 Å². The van der Waals surface area contributed by atoms with E-state index < -0.39 is 0 Å². The molecule has 24 heavy (non-hydrogen) atoms. The summed E-state index contributed by atoms with van der Waals surface area (Å²) in [4.78, 5) is 18.8. The highest BCUT2D eigenvalue weighted by Crippen LogP contribution is 2.15. The Hall–Kier alpha value is -2.17. The molecule has 0 aliphatic rings. The van der Waals surface area contributed by atoms with Gasteiger partial charge in [0.25, 0.3) is 0 Å². The van der Waals surface area contributed by atoms with Crippen molar-refractivity contribution in [3.63, 3.8) is 0 Å². The minimum atomic E-state index is 0.128. The molecule has 0 spiro atoms. The van der Waals surface area contributed by atoms with E-state index in [9.17, 15) is 4.79 Å². The molecule has 0 bridgehead atoms. The maximum Gasteiger partial charge on any atom is 0.222 e. The Morgan fingerprint density at radius 3 is 2.62 bits per heavy atom. The molecule has 5 heteroatoms. The average Bonchev–Trinajstić information content (AvgIpc) is 2.77. The largest absolute Gasteiger partial charge is 0.343 e. The molecule has 0 radical (unpaired) electrons. The summed E-state index contributed by atoms with van der Waals surface area (Å²) in [5.74, 6) is 0.165. The molecule has 1 amide bonds. The van der Waals surface area contributed by atoms with Gasteiger partial charge in [-0.1, -0.05) is 0 Å². The second-order valence-corrected chi connectivity index (χ2v) is 6.66. The van der Waals surface area contributed by atoms with Gasteiger partial charge in [0, 0.05) is 50.6 Å². The molecule has 2 heterocycles. The smallest absolute Gasteiger partial charge is 0.222 e. The zero-order valence-corrected chi connectivity index (χ0v) is 15.6. The summed E-state index contributed by atoms with van der Waals surface area (Å²) in [5, 5.41) is 4.42. The molecule has 0 fully saturated rings. The first kappa shape index (κ1) is 18.2. The van der Waals surface area contributed by atoms with Gasteiger partial charge >= 0.3 is 0 Å². The lowest BCUT2D eigenvalue weighted by Crippen LogP contribution is -2.36. The van der Waals surface area contributed by atoms with Crippen LogP contribution in [0.4, 0.5) is 0 Å². The molecule has 2 aromatic heterocycles. The first-order valence-corrected chi connectivity index (χ1v) is 8.45. The van der Waals surface area contributed by atoms with Crippen molar-refractivity contribution in [1.29, 1.82) is 0 Å². The van der Waals surface area contributed by atoms with Crippen LogP contribution in [-0.4, -0.2) is 38.7 Å². The van der Waals surface area contributed by atoms with Gasteiger partial charge in [-0.2, -0.15) is 5.10 Å². The molecule has 0 aliphatic carbocycles. The Balaban J connectivity index is 1.93. The van der Waals surface area contributed by atoms with E-state index in [-0.39, 0.29) is 11.9 Å². The van der Waals surface area contributed by atoms with Crippen LogP contribution in [0.15, 0.2) is 18.3 Å². The number of likely N-dealkylation sites (N-methyl/N-ethyl adjacent to an activating group) is 1. The molecule has 2 aromatic rings. The van der Waals surface area contributed by atoms with E-state index in [0.717, 1.165) is 29.9 Å². The maximum absolute atomic E-state index is 12.5. The number of carbonyl (C=O) groups is 1. The Bertz CT molecular complexity index is 720. The summed E-state index contributed by atoms with van der Waals surface area (Å²) < 4.78 is 1.88. The van der Waals surface area contributed by atoms with Crippen LogP contribution in [0.1, 0.15) is 41.6 Å². The number of aryl methyl sites for hydroxylation is 3. The van der Waals surface area contributed by atoms with Gasteiger partial charge in [-0.05, 0) is 57.4 Å². The van der Waals surface area contributed by atoms with Crippen molar-refractivity contribution in [1.82, 2.24) is 19.7 Å². The number of nitrogens with zero attached hydrogens (tertiary/aromatic N) is 4. The van der Waals surface area contributed by atoms with Crippen molar-refractivity contribution in [2.24, 2.45) is 7.05 Å². The molecule has 0 N–H and O–H groups in total. The lowest BCUT2D eigenvalue weighted by atomic mass is 10.1. The van der Waals surface area contributed by atoms with Gasteiger partial charge < -0.3 is 4.90 Å². The van der Waals surface area contributed by atoms with Gasteiger partial charge in [-0.15, -0.1) is 0 Å². The van der Waals surface area contributed by atoms with Crippen LogP contribution < -0.4 is 0 Å².